The minimum atomic E-state index is -4.10. The van der Waals surface area contributed by atoms with Crippen molar-refractivity contribution in [1.29, 1.82) is 0 Å². The number of hydrogen-bond donors (Lipinski definition) is 0. The molecule has 66 valence electrons. The van der Waals surface area contributed by atoms with Crippen LogP contribution in [0.1, 0.15) is 19.3 Å². The number of piperidine rings is 1. The van der Waals surface area contributed by atoms with Gasteiger partial charge < -0.3 is 0 Å². The van der Waals surface area contributed by atoms with E-state index in [9.17, 15) is 13.2 Å². The predicted octanol–water partition coefficient (Wildman–Crippen LogP) is 2.64. The summed E-state index contributed by atoms with van der Waals surface area (Å²) in [4.78, 5) is 0. The maximum absolute atomic E-state index is 11.8. The Morgan fingerprint density at radius 1 is 1.00 bits per heavy atom. The van der Waals surface area contributed by atoms with Crippen LogP contribution in [0.15, 0.2) is 0 Å². The third kappa shape index (κ3) is 3.86. The normalized spacial score (nSPS) is 22.1. The van der Waals surface area contributed by atoms with Crippen molar-refractivity contribution in [1.82, 2.24) is 4.31 Å². The van der Waals surface area contributed by atoms with E-state index in [4.69, 9.17) is 0 Å². The first-order valence-electron chi connectivity index (χ1n) is 3.59. The van der Waals surface area contributed by atoms with Crippen molar-refractivity contribution in [2.75, 3.05) is 13.1 Å². The molecule has 0 saturated carbocycles. The minimum Gasteiger partial charge on any atom is -0.243 e. The first kappa shape index (κ1) is 9.19. The topological polar surface area (TPSA) is 3.24 Å². The number of halogens is 3. The van der Waals surface area contributed by atoms with Crippen molar-refractivity contribution in [3.63, 3.8) is 0 Å². The Morgan fingerprint density at radius 3 is 2.00 bits per heavy atom. The van der Waals surface area contributed by atoms with E-state index in [1.165, 1.54) is 4.31 Å². The van der Waals surface area contributed by atoms with Crippen LogP contribution < -0.4 is 0 Å². The summed E-state index contributed by atoms with van der Waals surface area (Å²) < 4.78 is 36.7. The monoisotopic (exact) mass is 185 g/mol. The van der Waals surface area contributed by atoms with E-state index >= 15 is 0 Å². The molecule has 0 unspecified atom stereocenters. The van der Waals surface area contributed by atoms with Crippen LogP contribution in [-0.4, -0.2) is 22.9 Å². The Kier molecular flexibility index (Phi) is 3.06. The van der Waals surface area contributed by atoms with Crippen molar-refractivity contribution >= 4 is 11.9 Å². The zero-order chi connectivity index (χ0) is 8.32. The maximum Gasteiger partial charge on any atom is 0.456 e. The molecule has 0 amide bonds. The molecule has 0 bridgehead atoms. The molecule has 1 saturated heterocycles. The lowest BCUT2D eigenvalue weighted by molar-refractivity contribution is -0.0365. The quantitative estimate of drug-likeness (QED) is 0.578. The smallest absolute Gasteiger partial charge is 0.243 e. The first-order chi connectivity index (χ1) is 5.08. The van der Waals surface area contributed by atoms with Crippen molar-refractivity contribution in [3.8, 4) is 0 Å². The molecule has 0 aromatic heterocycles. The van der Waals surface area contributed by atoms with E-state index in [0.717, 1.165) is 19.3 Å². The van der Waals surface area contributed by atoms with Gasteiger partial charge in [-0.05, 0) is 12.8 Å². The Morgan fingerprint density at radius 2 is 1.55 bits per heavy atom. The van der Waals surface area contributed by atoms with Crippen LogP contribution in [0.4, 0.5) is 13.2 Å². The fourth-order valence-corrected chi connectivity index (χ4v) is 1.84. The molecule has 1 nitrogen and oxygen atoms in total. The highest BCUT2D eigenvalue weighted by Gasteiger charge is 2.32. The van der Waals surface area contributed by atoms with Crippen LogP contribution in [0.2, 0.25) is 0 Å². The standard InChI is InChI=1S/C6H10F3NS/c7-6(8,9)11-10-4-2-1-3-5-10/h1-5H2. The third-order valence-electron chi connectivity index (χ3n) is 1.55. The average Bonchev–Trinajstić information content (AvgIpc) is 1.85. The van der Waals surface area contributed by atoms with Gasteiger partial charge in [-0.3, -0.25) is 0 Å². The Bertz CT molecular complexity index is 119. The molecular weight excluding hydrogens is 175 g/mol. The summed E-state index contributed by atoms with van der Waals surface area (Å²) in [5.41, 5.74) is -4.10. The van der Waals surface area contributed by atoms with Gasteiger partial charge in [0.2, 0.25) is 0 Å². The molecule has 0 aliphatic carbocycles. The van der Waals surface area contributed by atoms with Crippen molar-refractivity contribution < 1.29 is 13.2 Å². The van der Waals surface area contributed by atoms with Gasteiger partial charge in [0.05, 0.1) is 0 Å². The summed E-state index contributed by atoms with van der Waals surface area (Å²) in [5.74, 6) is 0. The van der Waals surface area contributed by atoms with E-state index in [1.54, 1.807) is 0 Å². The number of rotatable bonds is 1. The van der Waals surface area contributed by atoms with Gasteiger partial charge in [0, 0.05) is 25.0 Å². The lowest BCUT2D eigenvalue weighted by Gasteiger charge is -2.25. The molecule has 0 aromatic carbocycles. The van der Waals surface area contributed by atoms with Gasteiger partial charge in [-0.1, -0.05) is 6.42 Å². The molecule has 5 heteroatoms. The largest absolute Gasteiger partial charge is 0.456 e. The Balaban J connectivity index is 2.24. The molecule has 1 rings (SSSR count). The lowest BCUT2D eigenvalue weighted by Crippen LogP contribution is -2.26. The Labute approximate surface area is 68.1 Å². The van der Waals surface area contributed by atoms with Gasteiger partial charge in [-0.15, -0.1) is 0 Å². The maximum atomic E-state index is 11.8. The fraction of sp³-hybridized carbons (Fsp3) is 1.00. The summed E-state index contributed by atoms with van der Waals surface area (Å²) in [6.07, 6.45) is 2.85. The van der Waals surface area contributed by atoms with Gasteiger partial charge in [0.25, 0.3) is 0 Å². The highest BCUT2D eigenvalue weighted by Crippen LogP contribution is 2.34. The lowest BCUT2D eigenvalue weighted by atomic mass is 10.2. The molecule has 0 aromatic rings. The van der Waals surface area contributed by atoms with E-state index in [-0.39, 0.29) is 11.9 Å². The van der Waals surface area contributed by atoms with Crippen LogP contribution in [-0.2, 0) is 0 Å². The molecule has 0 atom stereocenters. The first-order valence-corrected chi connectivity index (χ1v) is 4.36. The fourth-order valence-electron chi connectivity index (χ4n) is 1.10. The summed E-state index contributed by atoms with van der Waals surface area (Å²) in [7, 11) is 0. The molecule has 1 heterocycles. The molecule has 1 aliphatic rings. The van der Waals surface area contributed by atoms with Gasteiger partial charge in [-0.25, -0.2) is 4.31 Å². The summed E-state index contributed by atoms with van der Waals surface area (Å²) >= 11 is 0.0110. The number of nitrogens with zero attached hydrogens (tertiary/aromatic N) is 1. The minimum absolute atomic E-state index is 0.0110. The summed E-state index contributed by atoms with van der Waals surface area (Å²) in [5, 5.41) is 0. The molecule has 1 aliphatic heterocycles. The van der Waals surface area contributed by atoms with Crippen molar-refractivity contribution in [2.45, 2.75) is 24.8 Å². The average molecular weight is 185 g/mol. The molecule has 1 fully saturated rings. The molecule has 0 spiro atoms. The van der Waals surface area contributed by atoms with Crippen LogP contribution in [0, 0.1) is 0 Å². The molecule has 0 radical (unpaired) electrons. The SMILES string of the molecule is FC(F)(F)SN1CCCCC1. The Hall–Kier alpha value is 0.1000. The zero-order valence-corrected chi connectivity index (χ0v) is 6.84. The van der Waals surface area contributed by atoms with E-state index in [1.807, 2.05) is 0 Å². The van der Waals surface area contributed by atoms with Crippen LogP contribution in [0.5, 0.6) is 0 Å². The highest BCUT2D eigenvalue weighted by molar-refractivity contribution is 7.97. The van der Waals surface area contributed by atoms with Gasteiger partial charge in [0.1, 0.15) is 0 Å². The second kappa shape index (κ2) is 3.67. The predicted molar refractivity (Wildman–Crippen MR) is 39.1 cm³/mol. The molecule has 0 N–H and O–H groups in total. The van der Waals surface area contributed by atoms with Crippen molar-refractivity contribution in [3.05, 3.63) is 0 Å². The van der Waals surface area contributed by atoms with E-state index in [2.05, 4.69) is 0 Å². The van der Waals surface area contributed by atoms with Crippen LogP contribution >= 0.6 is 11.9 Å². The molecular formula is C6H10F3NS. The van der Waals surface area contributed by atoms with E-state index < -0.39 is 5.51 Å². The van der Waals surface area contributed by atoms with Crippen LogP contribution in [0.3, 0.4) is 0 Å². The second-order valence-corrected chi connectivity index (χ2v) is 3.69. The summed E-state index contributed by atoms with van der Waals surface area (Å²) in [6.45, 7) is 1.15. The van der Waals surface area contributed by atoms with E-state index in [0.29, 0.717) is 13.1 Å². The van der Waals surface area contributed by atoms with Crippen LogP contribution in [0.25, 0.3) is 0 Å². The zero-order valence-electron chi connectivity index (χ0n) is 6.02. The number of alkyl halides is 3. The van der Waals surface area contributed by atoms with Gasteiger partial charge in [-0.2, -0.15) is 13.2 Å². The second-order valence-electron chi connectivity index (χ2n) is 2.53. The highest BCUT2D eigenvalue weighted by atomic mass is 32.2. The third-order valence-corrected chi connectivity index (χ3v) is 2.38. The van der Waals surface area contributed by atoms with Gasteiger partial charge >= 0.3 is 5.51 Å². The molecule has 11 heavy (non-hydrogen) atoms. The van der Waals surface area contributed by atoms with Gasteiger partial charge in [0.15, 0.2) is 0 Å². The summed E-state index contributed by atoms with van der Waals surface area (Å²) in [6, 6.07) is 0. The van der Waals surface area contributed by atoms with Crippen molar-refractivity contribution in [2.24, 2.45) is 0 Å². The number of hydrogen-bond acceptors (Lipinski definition) is 2.